The summed E-state index contributed by atoms with van der Waals surface area (Å²) >= 11 is 12.2. The summed E-state index contributed by atoms with van der Waals surface area (Å²) in [5.41, 5.74) is 0.669. The van der Waals surface area contributed by atoms with Crippen LogP contribution < -0.4 is 10.1 Å². The van der Waals surface area contributed by atoms with E-state index in [1.165, 1.54) is 16.8 Å². The number of rotatable bonds is 9. The van der Waals surface area contributed by atoms with E-state index in [9.17, 15) is 19.8 Å². The molecule has 0 aliphatic rings. The molecule has 1 aromatic heterocycles. The maximum Gasteiger partial charge on any atom is 0.305 e. The van der Waals surface area contributed by atoms with Gasteiger partial charge in [-0.15, -0.1) is 0 Å². The average molecular weight is 520 g/mol. The Labute approximate surface area is 213 Å². The molecule has 3 aromatic rings. The standard InChI is InChI=1S/C25H27Cl2N3O5/c1-25(2,3)21(31)14-35-22-12-20(29-30(22)16-7-5-4-6-8-16)24(34)28-19(13-23(32)33)17-10-9-15(26)11-18(17)27/h4-12,19,21,31H,13-14H2,1-3H3,(H,28,34)(H,32,33)/t19-,21-/m0/s1. The van der Waals surface area contributed by atoms with Crippen LogP contribution in [0.5, 0.6) is 5.88 Å². The lowest BCUT2D eigenvalue weighted by Crippen LogP contribution is -2.32. The number of halogens is 2. The van der Waals surface area contributed by atoms with Gasteiger partial charge >= 0.3 is 5.97 Å². The molecule has 0 aliphatic heterocycles. The fourth-order valence-corrected chi connectivity index (χ4v) is 3.72. The number of nitrogens with one attached hydrogen (secondary N) is 1. The van der Waals surface area contributed by atoms with Crippen LogP contribution in [0.3, 0.4) is 0 Å². The predicted octanol–water partition coefficient (Wildman–Crippen LogP) is 4.91. The zero-order valence-corrected chi connectivity index (χ0v) is 21.0. The van der Waals surface area contributed by atoms with Gasteiger partial charge in [0.2, 0.25) is 5.88 Å². The third kappa shape index (κ3) is 6.97. The smallest absolute Gasteiger partial charge is 0.305 e. The number of carboxylic acid groups (broad SMARTS) is 1. The molecule has 10 heteroatoms. The van der Waals surface area contributed by atoms with E-state index in [-0.39, 0.29) is 23.2 Å². The Morgan fingerprint density at radius 3 is 2.40 bits per heavy atom. The number of carboxylic acids is 1. The fourth-order valence-electron chi connectivity index (χ4n) is 3.18. The molecule has 0 unspecified atom stereocenters. The molecule has 0 bridgehead atoms. The third-order valence-corrected chi connectivity index (χ3v) is 5.88. The van der Waals surface area contributed by atoms with Gasteiger partial charge in [0.25, 0.3) is 5.91 Å². The summed E-state index contributed by atoms with van der Waals surface area (Å²) < 4.78 is 7.29. The SMILES string of the molecule is CC(C)(C)[C@@H](O)COc1cc(C(=O)N[C@@H](CC(=O)O)c2ccc(Cl)cc2Cl)nn1-c1ccccc1. The molecule has 0 radical (unpaired) electrons. The normalized spacial score (nSPS) is 13.2. The Morgan fingerprint density at radius 1 is 1.11 bits per heavy atom. The summed E-state index contributed by atoms with van der Waals surface area (Å²) in [5.74, 6) is -1.47. The van der Waals surface area contributed by atoms with Crippen LogP contribution in [-0.4, -0.2) is 44.6 Å². The number of aliphatic hydroxyl groups excluding tert-OH is 1. The molecule has 186 valence electrons. The van der Waals surface area contributed by atoms with Gasteiger partial charge in [0, 0.05) is 16.1 Å². The average Bonchev–Trinajstić information content (AvgIpc) is 3.21. The maximum absolute atomic E-state index is 13.1. The van der Waals surface area contributed by atoms with Crippen LogP contribution in [0.1, 0.15) is 49.3 Å². The predicted molar refractivity (Wildman–Crippen MR) is 133 cm³/mol. The van der Waals surface area contributed by atoms with Crippen molar-refractivity contribution in [2.24, 2.45) is 5.41 Å². The van der Waals surface area contributed by atoms with Crippen LogP contribution in [-0.2, 0) is 4.79 Å². The zero-order chi connectivity index (χ0) is 25.8. The molecular formula is C25H27Cl2N3O5. The Balaban J connectivity index is 1.91. The summed E-state index contributed by atoms with van der Waals surface area (Å²) in [7, 11) is 0. The van der Waals surface area contributed by atoms with Crippen LogP contribution in [0.4, 0.5) is 0 Å². The van der Waals surface area contributed by atoms with E-state index in [1.807, 2.05) is 39.0 Å². The molecular weight excluding hydrogens is 493 g/mol. The van der Waals surface area contributed by atoms with E-state index in [4.69, 9.17) is 27.9 Å². The molecule has 3 N–H and O–H groups in total. The van der Waals surface area contributed by atoms with Crippen molar-refractivity contribution in [1.82, 2.24) is 15.1 Å². The minimum atomic E-state index is -1.11. The van der Waals surface area contributed by atoms with Crippen LogP contribution in [0.25, 0.3) is 5.69 Å². The highest BCUT2D eigenvalue weighted by Gasteiger charge is 2.26. The van der Waals surface area contributed by atoms with Gasteiger partial charge < -0.3 is 20.3 Å². The molecule has 8 nitrogen and oxygen atoms in total. The number of hydrogen-bond acceptors (Lipinski definition) is 5. The monoisotopic (exact) mass is 519 g/mol. The highest BCUT2D eigenvalue weighted by Crippen LogP contribution is 2.29. The van der Waals surface area contributed by atoms with Gasteiger partial charge in [-0.05, 0) is 35.2 Å². The molecule has 0 saturated heterocycles. The van der Waals surface area contributed by atoms with Gasteiger partial charge in [-0.2, -0.15) is 5.10 Å². The highest BCUT2D eigenvalue weighted by molar-refractivity contribution is 6.35. The molecule has 1 heterocycles. The van der Waals surface area contributed by atoms with Crippen LogP contribution in [0, 0.1) is 5.41 Å². The van der Waals surface area contributed by atoms with Crippen molar-refractivity contribution in [1.29, 1.82) is 0 Å². The third-order valence-electron chi connectivity index (χ3n) is 5.32. The van der Waals surface area contributed by atoms with Crippen molar-refractivity contribution < 1.29 is 24.5 Å². The van der Waals surface area contributed by atoms with E-state index < -0.39 is 35.9 Å². The van der Waals surface area contributed by atoms with Gasteiger partial charge in [-0.1, -0.05) is 68.2 Å². The minimum absolute atomic E-state index is 0.00882. The molecule has 0 aliphatic carbocycles. The lowest BCUT2D eigenvalue weighted by atomic mass is 9.90. The molecule has 2 aromatic carbocycles. The molecule has 0 saturated carbocycles. The number of benzene rings is 2. The van der Waals surface area contributed by atoms with Crippen LogP contribution in [0.2, 0.25) is 10.0 Å². The molecule has 3 rings (SSSR count). The van der Waals surface area contributed by atoms with Gasteiger partial charge in [0.15, 0.2) is 5.69 Å². The summed E-state index contributed by atoms with van der Waals surface area (Å²) in [6.07, 6.45) is -1.15. The second-order valence-corrected chi connectivity index (χ2v) is 9.94. The number of amides is 1. The van der Waals surface area contributed by atoms with E-state index in [2.05, 4.69) is 10.4 Å². The maximum atomic E-state index is 13.1. The van der Waals surface area contributed by atoms with E-state index in [0.29, 0.717) is 16.3 Å². The van der Waals surface area contributed by atoms with E-state index in [1.54, 1.807) is 24.3 Å². The molecule has 1 amide bonds. The van der Waals surface area contributed by atoms with Crippen LogP contribution in [0.15, 0.2) is 54.6 Å². The van der Waals surface area contributed by atoms with Crippen molar-refractivity contribution in [3.63, 3.8) is 0 Å². The first-order chi connectivity index (χ1) is 16.5. The lowest BCUT2D eigenvalue weighted by molar-refractivity contribution is -0.137. The van der Waals surface area contributed by atoms with Gasteiger partial charge in [-0.3, -0.25) is 9.59 Å². The topological polar surface area (TPSA) is 114 Å². The number of carbonyl (C=O) groups is 2. The van der Waals surface area contributed by atoms with Crippen molar-refractivity contribution in [2.75, 3.05) is 6.61 Å². The first-order valence-corrected chi connectivity index (χ1v) is 11.6. The molecule has 0 spiro atoms. The Hall–Kier alpha value is -3.07. The lowest BCUT2D eigenvalue weighted by Gasteiger charge is -2.25. The zero-order valence-electron chi connectivity index (χ0n) is 19.5. The Kier molecular flexibility index (Phi) is 8.43. The van der Waals surface area contributed by atoms with Crippen molar-refractivity contribution in [3.05, 3.63) is 75.9 Å². The number of hydrogen-bond donors (Lipinski definition) is 3. The van der Waals surface area contributed by atoms with E-state index >= 15 is 0 Å². The minimum Gasteiger partial charge on any atom is -0.481 e. The van der Waals surface area contributed by atoms with Crippen molar-refractivity contribution >= 4 is 35.1 Å². The molecule has 0 fully saturated rings. The number of carbonyl (C=O) groups excluding carboxylic acids is 1. The second kappa shape index (κ2) is 11.1. The highest BCUT2D eigenvalue weighted by atomic mass is 35.5. The number of aliphatic carboxylic acids is 1. The number of ether oxygens (including phenoxy) is 1. The summed E-state index contributed by atoms with van der Waals surface area (Å²) in [4.78, 5) is 24.6. The van der Waals surface area contributed by atoms with Crippen molar-refractivity contribution in [3.8, 4) is 11.6 Å². The Bertz CT molecular complexity index is 1190. The van der Waals surface area contributed by atoms with Gasteiger partial charge in [-0.25, -0.2) is 4.68 Å². The first-order valence-electron chi connectivity index (χ1n) is 10.9. The largest absolute Gasteiger partial charge is 0.481 e. The second-order valence-electron chi connectivity index (χ2n) is 9.10. The fraction of sp³-hybridized carbons (Fsp3) is 0.320. The summed E-state index contributed by atoms with van der Waals surface area (Å²) in [5, 5.41) is 27.5. The van der Waals surface area contributed by atoms with E-state index in [0.717, 1.165) is 0 Å². The number of aliphatic hydroxyl groups is 1. The molecule has 2 atom stereocenters. The van der Waals surface area contributed by atoms with Crippen molar-refractivity contribution in [2.45, 2.75) is 39.3 Å². The number of nitrogens with zero attached hydrogens (tertiary/aromatic N) is 2. The Morgan fingerprint density at radius 2 is 1.80 bits per heavy atom. The molecule has 35 heavy (non-hydrogen) atoms. The quantitative estimate of drug-likeness (QED) is 0.370. The summed E-state index contributed by atoms with van der Waals surface area (Å²) in [6, 6.07) is 14.2. The number of aromatic nitrogens is 2. The van der Waals surface area contributed by atoms with Gasteiger partial charge in [0.05, 0.1) is 24.3 Å². The first kappa shape index (κ1) is 26.5. The van der Waals surface area contributed by atoms with Crippen LogP contribution >= 0.6 is 23.2 Å². The van der Waals surface area contributed by atoms with Gasteiger partial charge in [0.1, 0.15) is 6.61 Å². The summed E-state index contributed by atoms with van der Waals surface area (Å²) in [6.45, 7) is 5.65. The number of para-hydroxylation sites is 1.